The van der Waals surface area contributed by atoms with Gasteiger partial charge in [-0.15, -0.1) is 0 Å². The van der Waals surface area contributed by atoms with Crippen molar-refractivity contribution in [2.75, 3.05) is 5.32 Å². The zero-order chi connectivity index (χ0) is 12.8. The zero-order valence-electron chi connectivity index (χ0n) is 10.8. The first-order valence-corrected chi connectivity index (χ1v) is 6.66. The Balaban J connectivity index is 2.67. The van der Waals surface area contributed by atoms with Crippen molar-refractivity contribution in [3.63, 3.8) is 0 Å². The molecule has 0 saturated heterocycles. The Morgan fingerprint density at radius 1 is 1.29 bits per heavy atom. The van der Waals surface area contributed by atoms with Gasteiger partial charge >= 0.3 is 0 Å². The normalized spacial score (nSPS) is 14.4. The molecule has 0 aromatic heterocycles. The fourth-order valence-corrected chi connectivity index (χ4v) is 2.03. The molecule has 0 aliphatic carbocycles. The van der Waals surface area contributed by atoms with Gasteiger partial charge in [-0.25, -0.2) is 4.39 Å². The van der Waals surface area contributed by atoms with Crippen LogP contribution in [0.2, 0.25) is 5.02 Å². The molecule has 0 amide bonds. The predicted molar refractivity (Wildman–Crippen MR) is 73.2 cm³/mol. The molecule has 1 N–H and O–H groups in total. The van der Waals surface area contributed by atoms with Crippen LogP contribution >= 0.6 is 11.6 Å². The van der Waals surface area contributed by atoms with Gasteiger partial charge in [-0.2, -0.15) is 0 Å². The highest BCUT2D eigenvalue weighted by Gasteiger charge is 2.12. The molecule has 1 aromatic rings. The maximum Gasteiger partial charge on any atom is 0.124 e. The van der Waals surface area contributed by atoms with E-state index in [-0.39, 0.29) is 5.82 Å². The largest absolute Gasteiger partial charge is 0.381 e. The van der Waals surface area contributed by atoms with Crippen molar-refractivity contribution in [1.29, 1.82) is 0 Å². The van der Waals surface area contributed by atoms with E-state index in [9.17, 15) is 4.39 Å². The van der Waals surface area contributed by atoms with Crippen LogP contribution in [0.25, 0.3) is 0 Å². The first-order chi connectivity index (χ1) is 8.06. The summed E-state index contributed by atoms with van der Waals surface area (Å²) in [5.74, 6) is 0.391. The molecule has 0 fully saturated rings. The summed E-state index contributed by atoms with van der Waals surface area (Å²) in [5.41, 5.74) is 0.822. The molecule has 17 heavy (non-hydrogen) atoms. The maximum atomic E-state index is 12.9. The molecule has 0 saturated carbocycles. The highest BCUT2D eigenvalue weighted by molar-refractivity contribution is 6.33. The molecule has 0 aliphatic rings. The third-order valence-corrected chi connectivity index (χ3v) is 3.48. The van der Waals surface area contributed by atoms with Gasteiger partial charge in [0, 0.05) is 6.04 Å². The van der Waals surface area contributed by atoms with Crippen LogP contribution in [-0.2, 0) is 0 Å². The van der Waals surface area contributed by atoms with Crippen LogP contribution in [0.3, 0.4) is 0 Å². The van der Waals surface area contributed by atoms with E-state index in [0.717, 1.165) is 18.5 Å². The first-order valence-electron chi connectivity index (χ1n) is 6.28. The van der Waals surface area contributed by atoms with Gasteiger partial charge in [0.1, 0.15) is 5.82 Å². The van der Waals surface area contributed by atoms with E-state index in [4.69, 9.17) is 11.6 Å². The number of rotatable bonds is 6. The van der Waals surface area contributed by atoms with Crippen molar-refractivity contribution < 1.29 is 4.39 Å². The predicted octanol–water partition coefficient (Wildman–Crippen LogP) is 5.11. The lowest BCUT2D eigenvalue weighted by Gasteiger charge is -2.22. The minimum Gasteiger partial charge on any atom is -0.381 e. The van der Waals surface area contributed by atoms with Gasteiger partial charge in [-0.1, -0.05) is 38.8 Å². The monoisotopic (exact) mass is 257 g/mol. The summed E-state index contributed by atoms with van der Waals surface area (Å²) in [6, 6.07) is 4.88. The quantitative estimate of drug-likeness (QED) is 0.747. The van der Waals surface area contributed by atoms with E-state index in [0.29, 0.717) is 17.0 Å². The molecule has 1 nitrogen and oxygen atoms in total. The van der Waals surface area contributed by atoms with Crippen LogP contribution in [0, 0.1) is 11.7 Å². The van der Waals surface area contributed by atoms with Crippen LogP contribution in [0.15, 0.2) is 18.2 Å². The van der Waals surface area contributed by atoms with Crippen molar-refractivity contribution in [1.82, 2.24) is 0 Å². The van der Waals surface area contributed by atoms with Crippen molar-refractivity contribution in [2.45, 2.75) is 46.1 Å². The van der Waals surface area contributed by atoms with Crippen LogP contribution in [0.4, 0.5) is 10.1 Å². The summed E-state index contributed by atoms with van der Waals surface area (Å²) in [4.78, 5) is 0. The van der Waals surface area contributed by atoms with Gasteiger partial charge in [-0.05, 0) is 37.0 Å². The molecule has 0 bridgehead atoms. The van der Waals surface area contributed by atoms with Crippen molar-refractivity contribution >= 4 is 17.3 Å². The SMILES string of the molecule is CCC(C)CC(CC)Nc1ccc(F)cc1Cl. The smallest absolute Gasteiger partial charge is 0.124 e. The third-order valence-electron chi connectivity index (χ3n) is 3.17. The Hall–Kier alpha value is -0.760. The van der Waals surface area contributed by atoms with Gasteiger partial charge in [0.25, 0.3) is 0 Å². The number of nitrogens with one attached hydrogen (secondary N) is 1. The van der Waals surface area contributed by atoms with E-state index in [1.165, 1.54) is 18.6 Å². The summed E-state index contributed by atoms with van der Waals surface area (Å²) in [7, 11) is 0. The number of anilines is 1. The Morgan fingerprint density at radius 2 is 2.00 bits per heavy atom. The summed E-state index contributed by atoms with van der Waals surface area (Å²) >= 11 is 6.00. The Bertz CT molecular complexity index is 354. The highest BCUT2D eigenvalue weighted by Crippen LogP contribution is 2.25. The molecule has 3 heteroatoms. The number of hydrogen-bond donors (Lipinski definition) is 1. The Kier molecular flexibility index (Phi) is 5.76. The zero-order valence-corrected chi connectivity index (χ0v) is 11.5. The third kappa shape index (κ3) is 4.55. The van der Waals surface area contributed by atoms with Crippen LogP contribution in [0.1, 0.15) is 40.0 Å². The standard InChI is InChI=1S/C14H21ClFN/c1-4-10(3)8-12(5-2)17-14-7-6-11(16)9-13(14)15/h6-7,9-10,12,17H,4-5,8H2,1-3H3. The van der Waals surface area contributed by atoms with Gasteiger partial charge in [0.2, 0.25) is 0 Å². The topological polar surface area (TPSA) is 12.0 Å². The molecule has 2 unspecified atom stereocenters. The number of hydrogen-bond acceptors (Lipinski definition) is 1. The van der Waals surface area contributed by atoms with Crippen LogP contribution in [0.5, 0.6) is 0 Å². The van der Waals surface area contributed by atoms with Crippen LogP contribution < -0.4 is 5.32 Å². The molecule has 0 spiro atoms. The minimum atomic E-state index is -0.296. The summed E-state index contributed by atoms with van der Waals surface area (Å²) in [6.45, 7) is 6.59. The molecule has 0 radical (unpaired) electrons. The van der Waals surface area contributed by atoms with E-state index < -0.39 is 0 Å². The van der Waals surface area contributed by atoms with Gasteiger partial charge in [-0.3, -0.25) is 0 Å². The van der Waals surface area contributed by atoms with E-state index >= 15 is 0 Å². The van der Waals surface area contributed by atoms with Gasteiger partial charge in [0.15, 0.2) is 0 Å². The molecular weight excluding hydrogens is 237 g/mol. The first kappa shape index (κ1) is 14.3. The number of halogens is 2. The molecule has 2 atom stereocenters. The van der Waals surface area contributed by atoms with Gasteiger partial charge in [0.05, 0.1) is 10.7 Å². The van der Waals surface area contributed by atoms with Crippen molar-refractivity contribution in [3.05, 3.63) is 29.0 Å². The highest BCUT2D eigenvalue weighted by atomic mass is 35.5. The molecule has 0 heterocycles. The minimum absolute atomic E-state index is 0.296. The second-order valence-corrected chi connectivity index (χ2v) is 5.03. The molecule has 96 valence electrons. The van der Waals surface area contributed by atoms with E-state index in [2.05, 4.69) is 26.1 Å². The molecule has 1 aromatic carbocycles. The maximum absolute atomic E-state index is 12.9. The molecule has 1 rings (SSSR count). The summed E-state index contributed by atoms with van der Waals surface area (Å²) in [6.07, 6.45) is 3.33. The molecular formula is C14H21ClFN. The molecule has 0 aliphatic heterocycles. The van der Waals surface area contributed by atoms with E-state index in [1.54, 1.807) is 6.07 Å². The summed E-state index contributed by atoms with van der Waals surface area (Å²) in [5, 5.41) is 3.84. The second kappa shape index (κ2) is 6.85. The lowest BCUT2D eigenvalue weighted by Crippen LogP contribution is -2.21. The Morgan fingerprint density at radius 3 is 2.53 bits per heavy atom. The summed E-state index contributed by atoms with van der Waals surface area (Å²) < 4.78 is 12.9. The fraction of sp³-hybridized carbons (Fsp3) is 0.571. The second-order valence-electron chi connectivity index (χ2n) is 4.62. The lowest BCUT2D eigenvalue weighted by atomic mass is 9.97. The lowest BCUT2D eigenvalue weighted by molar-refractivity contribution is 0.462. The Labute approximate surface area is 108 Å². The average Bonchev–Trinajstić information content (AvgIpc) is 2.31. The van der Waals surface area contributed by atoms with Crippen molar-refractivity contribution in [2.24, 2.45) is 5.92 Å². The fourth-order valence-electron chi connectivity index (χ4n) is 1.81. The van der Waals surface area contributed by atoms with Crippen LogP contribution in [-0.4, -0.2) is 6.04 Å². The number of benzene rings is 1. The van der Waals surface area contributed by atoms with Gasteiger partial charge < -0.3 is 5.32 Å². The van der Waals surface area contributed by atoms with Crippen molar-refractivity contribution in [3.8, 4) is 0 Å². The average molecular weight is 258 g/mol. The van der Waals surface area contributed by atoms with E-state index in [1.807, 2.05) is 0 Å².